The van der Waals surface area contributed by atoms with E-state index in [4.69, 9.17) is 16.6 Å². The van der Waals surface area contributed by atoms with E-state index in [0.717, 1.165) is 40.4 Å². The molecule has 3 atom stereocenters. The second-order valence-corrected chi connectivity index (χ2v) is 9.08. The van der Waals surface area contributed by atoms with Crippen molar-refractivity contribution in [3.05, 3.63) is 63.6 Å². The Morgan fingerprint density at radius 1 is 1.23 bits per heavy atom. The molecule has 4 rings (SSSR count). The van der Waals surface area contributed by atoms with Gasteiger partial charge >= 0.3 is 0 Å². The van der Waals surface area contributed by atoms with E-state index in [-0.39, 0.29) is 11.9 Å². The number of amides is 1. The third kappa shape index (κ3) is 3.83. The zero-order valence-electron chi connectivity index (χ0n) is 18.1. The van der Waals surface area contributed by atoms with Crippen LogP contribution in [0.5, 0.6) is 0 Å². The molecule has 1 saturated carbocycles. The largest absolute Gasteiger partial charge is 0.349 e. The van der Waals surface area contributed by atoms with Gasteiger partial charge in [-0.3, -0.25) is 4.79 Å². The van der Waals surface area contributed by atoms with Crippen molar-refractivity contribution in [2.75, 3.05) is 0 Å². The maximum absolute atomic E-state index is 13.1. The minimum absolute atomic E-state index is 0.0823. The summed E-state index contributed by atoms with van der Waals surface area (Å²) in [4.78, 5) is 17.8. The Hall–Kier alpha value is -2.40. The Labute approximate surface area is 182 Å². The summed E-state index contributed by atoms with van der Waals surface area (Å²) in [6, 6.07) is 8.05. The van der Waals surface area contributed by atoms with Crippen LogP contribution in [0.15, 0.2) is 30.5 Å². The highest BCUT2D eigenvalue weighted by molar-refractivity contribution is 6.31. The fraction of sp³-hybridized carbons (Fsp3) is 0.458. The van der Waals surface area contributed by atoms with Crippen molar-refractivity contribution in [1.29, 1.82) is 0 Å². The number of aromatic nitrogens is 3. The molecule has 5 nitrogen and oxygen atoms in total. The molecule has 0 saturated heterocycles. The van der Waals surface area contributed by atoms with E-state index < -0.39 is 0 Å². The first-order valence-electron chi connectivity index (χ1n) is 10.7. The molecule has 0 radical (unpaired) electrons. The van der Waals surface area contributed by atoms with E-state index in [1.807, 2.05) is 38.1 Å². The minimum Gasteiger partial charge on any atom is -0.349 e. The van der Waals surface area contributed by atoms with Gasteiger partial charge in [0.2, 0.25) is 0 Å². The van der Waals surface area contributed by atoms with Crippen molar-refractivity contribution in [3.63, 3.8) is 0 Å². The number of fused-ring (bicyclic) bond motifs is 1. The summed E-state index contributed by atoms with van der Waals surface area (Å²) in [5.74, 6) is 1.02. The summed E-state index contributed by atoms with van der Waals surface area (Å²) >= 11 is 6.36. The lowest BCUT2D eigenvalue weighted by atomic mass is 9.78. The van der Waals surface area contributed by atoms with E-state index in [1.54, 1.807) is 10.7 Å². The molecule has 0 aliphatic heterocycles. The van der Waals surface area contributed by atoms with Crippen LogP contribution in [0.25, 0.3) is 5.65 Å². The van der Waals surface area contributed by atoms with Crippen LogP contribution in [0.2, 0.25) is 5.02 Å². The summed E-state index contributed by atoms with van der Waals surface area (Å²) in [5, 5.41) is 8.48. The molecule has 30 heavy (non-hydrogen) atoms. The summed E-state index contributed by atoms with van der Waals surface area (Å²) in [6.45, 7) is 8.51. The van der Waals surface area contributed by atoms with Crippen molar-refractivity contribution >= 4 is 23.2 Å². The summed E-state index contributed by atoms with van der Waals surface area (Å²) in [6.07, 6.45) is 5.74. The highest BCUT2D eigenvalue weighted by Gasteiger charge is 2.29. The average Bonchev–Trinajstić information content (AvgIpc) is 3.14. The number of carbonyl (C=O) groups excluding carboxylic acids is 1. The SMILES string of the molecule is Cc1nc2c(C(=O)N[C@@H]3CCC[C@@H](C)[C@H]3C)cnn2c(C)c1Cc1ccccc1Cl. The minimum atomic E-state index is -0.0823. The number of aryl methyl sites for hydroxylation is 2. The number of nitrogens with one attached hydrogen (secondary N) is 1. The van der Waals surface area contributed by atoms with E-state index >= 15 is 0 Å². The smallest absolute Gasteiger partial charge is 0.256 e. The molecule has 0 spiro atoms. The molecule has 1 fully saturated rings. The normalized spacial score (nSPS) is 21.7. The van der Waals surface area contributed by atoms with Crippen LogP contribution in [0.3, 0.4) is 0 Å². The number of hydrogen-bond acceptors (Lipinski definition) is 3. The molecule has 1 amide bonds. The number of nitrogens with zero attached hydrogens (tertiary/aromatic N) is 3. The van der Waals surface area contributed by atoms with Crippen molar-refractivity contribution in [3.8, 4) is 0 Å². The molecule has 2 aromatic heterocycles. The molecule has 6 heteroatoms. The lowest BCUT2D eigenvalue weighted by molar-refractivity contribution is 0.0892. The third-order valence-electron chi connectivity index (χ3n) is 6.80. The Kier molecular flexibility index (Phi) is 5.83. The molecule has 1 N–H and O–H groups in total. The molecule has 0 bridgehead atoms. The van der Waals surface area contributed by atoms with Crippen LogP contribution in [0.4, 0.5) is 0 Å². The summed E-state index contributed by atoms with van der Waals surface area (Å²) < 4.78 is 1.78. The molecule has 1 aliphatic carbocycles. The van der Waals surface area contributed by atoms with Crippen LogP contribution < -0.4 is 5.32 Å². The second kappa shape index (κ2) is 8.38. The molecule has 1 aliphatic rings. The van der Waals surface area contributed by atoms with Gasteiger partial charge in [0.15, 0.2) is 5.65 Å². The first kappa shape index (κ1) is 20.9. The van der Waals surface area contributed by atoms with E-state index in [0.29, 0.717) is 29.5 Å². The van der Waals surface area contributed by atoms with Gasteiger partial charge in [-0.15, -0.1) is 0 Å². The Balaban J connectivity index is 1.64. The Morgan fingerprint density at radius 3 is 2.77 bits per heavy atom. The quantitative estimate of drug-likeness (QED) is 0.630. The third-order valence-corrected chi connectivity index (χ3v) is 7.17. The highest BCUT2D eigenvalue weighted by atomic mass is 35.5. The fourth-order valence-corrected chi connectivity index (χ4v) is 4.79. The Morgan fingerprint density at radius 2 is 2.00 bits per heavy atom. The van der Waals surface area contributed by atoms with E-state index in [9.17, 15) is 4.79 Å². The average molecular weight is 425 g/mol. The number of halogens is 1. The molecule has 3 aromatic rings. The first-order valence-corrected chi connectivity index (χ1v) is 11.1. The second-order valence-electron chi connectivity index (χ2n) is 8.67. The zero-order chi connectivity index (χ0) is 21.4. The topological polar surface area (TPSA) is 59.3 Å². The number of carbonyl (C=O) groups is 1. The van der Waals surface area contributed by atoms with Gasteiger partial charge in [0, 0.05) is 28.9 Å². The van der Waals surface area contributed by atoms with Gasteiger partial charge in [-0.2, -0.15) is 5.10 Å². The first-order chi connectivity index (χ1) is 14.4. The predicted octanol–water partition coefficient (Wildman–Crippen LogP) is 5.14. The van der Waals surface area contributed by atoms with Gasteiger partial charge in [0.1, 0.15) is 5.56 Å². The van der Waals surface area contributed by atoms with Crippen molar-refractivity contribution in [1.82, 2.24) is 19.9 Å². The molecular weight excluding hydrogens is 396 g/mol. The van der Waals surface area contributed by atoms with Crippen molar-refractivity contribution in [2.24, 2.45) is 11.8 Å². The van der Waals surface area contributed by atoms with Crippen LogP contribution in [0, 0.1) is 25.7 Å². The van der Waals surface area contributed by atoms with Crippen LogP contribution >= 0.6 is 11.6 Å². The maximum atomic E-state index is 13.1. The molecule has 1 aromatic carbocycles. The number of rotatable bonds is 4. The van der Waals surface area contributed by atoms with Crippen LogP contribution in [-0.2, 0) is 6.42 Å². The van der Waals surface area contributed by atoms with Crippen molar-refractivity contribution in [2.45, 2.75) is 59.4 Å². The fourth-order valence-electron chi connectivity index (χ4n) is 4.59. The Bertz CT molecular complexity index is 1090. The van der Waals surface area contributed by atoms with E-state index in [1.165, 1.54) is 6.42 Å². The standard InChI is InChI=1S/C24H29ClN4O/c1-14-8-7-11-22(15(14)2)28-24(30)20-13-26-29-17(4)19(16(3)27-23(20)29)12-18-9-5-6-10-21(18)25/h5-6,9-10,13-15,22H,7-8,11-12H2,1-4H3,(H,28,30)/t14-,15-,22-/m1/s1. The zero-order valence-corrected chi connectivity index (χ0v) is 18.8. The summed E-state index contributed by atoms with van der Waals surface area (Å²) in [7, 11) is 0. The molecule has 0 unspecified atom stereocenters. The van der Waals surface area contributed by atoms with E-state index in [2.05, 4.69) is 24.3 Å². The van der Waals surface area contributed by atoms with Crippen LogP contribution in [-0.4, -0.2) is 26.5 Å². The van der Waals surface area contributed by atoms with Gasteiger partial charge in [-0.25, -0.2) is 9.50 Å². The highest BCUT2D eigenvalue weighted by Crippen LogP contribution is 2.30. The lowest BCUT2D eigenvalue weighted by Crippen LogP contribution is -2.43. The van der Waals surface area contributed by atoms with Gasteiger partial charge < -0.3 is 5.32 Å². The molecule has 158 valence electrons. The lowest BCUT2D eigenvalue weighted by Gasteiger charge is -2.34. The molecule has 2 heterocycles. The van der Waals surface area contributed by atoms with Gasteiger partial charge in [-0.05, 0) is 49.3 Å². The van der Waals surface area contributed by atoms with Gasteiger partial charge in [0.05, 0.1) is 6.20 Å². The van der Waals surface area contributed by atoms with Crippen LogP contribution in [0.1, 0.15) is 66.0 Å². The number of hydrogen-bond donors (Lipinski definition) is 1. The van der Waals surface area contributed by atoms with Gasteiger partial charge in [0.25, 0.3) is 5.91 Å². The van der Waals surface area contributed by atoms with Gasteiger partial charge in [-0.1, -0.05) is 56.5 Å². The maximum Gasteiger partial charge on any atom is 0.256 e. The number of benzene rings is 1. The van der Waals surface area contributed by atoms with Crippen molar-refractivity contribution < 1.29 is 4.79 Å². The summed E-state index contributed by atoms with van der Waals surface area (Å²) in [5.41, 5.74) is 5.17. The molecular formula is C24H29ClN4O. The monoisotopic (exact) mass is 424 g/mol. The predicted molar refractivity (Wildman–Crippen MR) is 120 cm³/mol.